The first-order chi connectivity index (χ1) is 8.27. The van der Waals surface area contributed by atoms with E-state index >= 15 is 0 Å². The second-order valence-corrected chi connectivity index (χ2v) is 4.29. The molecule has 0 spiro atoms. The fraction of sp³-hybridized carbons (Fsp3) is 0.667. The lowest BCUT2D eigenvalue weighted by Crippen LogP contribution is -2.28. The zero-order valence-corrected chi connectivity index (χ0v) is 10.7. The smallest absolute Gasteiger partial charge is 0.204 e. The number of rotatable bonds is 4. The second kappa shape index (κ2) is 5.21. The minimum absolute atomic E-state index is 0.522. The number of hydrogen-bond acceptors (Lipinski definition) is 5. The summed E-state index contributed by atoms with van der Waals surface area (Å²) in [5, 5.41) is 3.20. The molecule has 0 saturated carbocycles. The molecule has 1 aliphatic heterocycles. The van der Waals surface area contributed by atoms with Crippen molar-refractivity contribution in [1.29, 1.82) is 0 Å². The van der Waals surface area contributed by atoms with Gasteiger partial charge in [0.25, 0.3) is 0 Å². The van der Waals surface area contributed by atoms with Crippen LogP contribution in [0.2, 0.25) is 0 Å². The van der Waals surface area contributed by atoms with E-state index in [4.69, 9.17) is 4.74 Å². The van der Waals surface area contributed by atoms with Gasteiger partial charge in [0.05, 0.1) is 7.11 Å². The molecule has 5 nitrogen and oxygen atoms in total. The van der Waals surface area contributed by atoms with E-state index in [0.29, 0.717) is 6.04 Å². The summed E-state index contributed by atoms with van der Waals surface area (Å²) in [4.78, 5) is 10.9. The van der Waals surface area contributed by atoms with Crippen LogP contribution in [0.3, 0.4) is 0 Å². The zero-order chi connectivity index (χ0) is 12.3. The quantitative estimate of drug-likeness (QED) is 0.865. The van der Waals surface area contributed by atoms with Gasteiger partial charge in [0.1, 0.15) is 6.33 Å². The maximum absolute atomic E-state index is 5.46. The van der Waals surface area contributed by atoms with Gasteiger partial charge < -0.3 is 15.0 Å². The standard InChI is InChI=1S/C12H20N4O/c1-4-13-11-10(17-3)12(15-8-14-11)16-7-5-6-9(16)2/h8-9H,4-7H2,1-3H3,(H,13,14,15). The number of anilines is 2. The van der Waals surface area contributed by atoms with E-state index in [1.807, 2.05) is 6.92 Å². The molecule has 17 heavy (non-hydrogen) atoms. The molecule has 2 rings (SSSR count). The molecule has 1 aromatic rings. The predicted octanol–water partition coefficient (Wildman–Crippen LogP) is 1.91. The summed E-state index contributed by atoms with van der Waals surface area (Å²) in [5.74, 6) is 2.44. The predicted molar refractivity (Wildman–Crippen MR) is 68.8 cm³/mol. The van der Waals surface area contributed by atoms with Crippen molar-refractivity contribution in [2.75, 3.05) is 30.4 Å². The van der Waals surface area contributed by atoms with Gasteiger partial charge in [0.2, 0.25) is 5.75 Å². The SMILES string of the molecule is CCNc1ncnc(N2CCCC2C)c1OC. The Labute approximate surface area is 102 Å². The molecule has 1 fully saturated rings. The molecule has 94 valence electrons. The Morgan fingerprint density at radius 2 is 2.35 bits per heavy atom. The van der Waals surface area contributed by atoms with Crippen LogP contribution in [0.4, 0.5) is 11.6 Å². The van der Waals surface area contributed by atoms with Gasteiger partial charge in [-0.15, -0.1) is 0 Å². The first-order valence-electron chi connectivity index (χ1n) is 6.17. The van der Waals surface area contributed by atoms with Gasteiger partial charge in [-0.2, -0.15) is 0 Å². The van der Waals surface area contributed by atoms with E-state index in [1.54, 1.807) is 13.4 Å². The highest BCUT2D eigenvalue weighted by atomic mass is 16.5. The van der Waals surface area contributed by atoms with E-state index in [1.165, 1.54) is 12.8 Å². The van der Waals surface area contributed by atoms with Crippen molar-refractivity contribution >= 4 is 11.6 Å². The Balaban J connectivity index is 2.35. The van der Waals surface area contributed by atoms with E-state index in [0.717, 1.165) is 30.5 Å². The van der Waals surface area contributed by atoms with Gasteiger partial charge in [0, 0.05) is 19.1 Å². The number of ether oxygens (including phenoxy) is 1. The Bertz CT molecular complexity index is 383. The van der Waals surface area contributed by atoms with Crippen LogP contribution in [-0.4, -0.2) is 36.2 Å². The molecule has 0 amide bonds. The zero-order valence-electron chi connectivity index (χ0n) is 10.7. The van der Waals surface area contributed by atoms with Gasteiger partial charge in [-0.1, -0.05) is 0 Å². The third-order valence-corrected chi connectivity index (χ3v) is 3.16. The molecule has 1 aromatic heterocycles. The highest BCUT2D eigenvalue weighted by Crippen LogP contribution is 2.35. The summed E-state index contributed by atoms with van der Waals surface area (Å²) >= 11 is 0. The summed E-state index contributed by atoms with van der Waals surface area (Å²) in [6, 6.07) is 0.522. The average Bonchev–Trinajstić information content (AvgIpc) is 2.75. The molecule has 1 N–H and O–H groups in total. The molecule has 0 aliphatic carbocycles. The van der Waals surface area contributed by atoms with Crippen LogP contribution in [-0.2, 0) is 0 Å². The highest BCUT2D eigenvalue weighted by molar-refractivity contribution is 5.65. The first kappa shape index (κ1) is 12.0. The van der Waals surface area contributed by atoms with E-state index in [-0.39, 0.29) is 0 Å². The average molecular weight is 236 g/mol. The molecule has 0 aromatic carbocycles. The lowest BCUT2D eigenvalue weighted by Gasteiger charge is -2.25. The summed E-state index contributed by atoms with van der Waals surface area (Å²) in [5.41, 5.74) is 0. The van der Waals surface area contributed by atoms with Crippen molar-refractivity contribution in [3.63, 3.8) is 0 Å². The number of nitrogens with one attached hydrogen (secondary N) is 1. The lowest BCUT2D eigenvalue weighted by molar-refractivity contribution is 0.412. The summed E-state index contributed by atoms with van der Waals surface area (Å²) < 4.78 is 5.46. The molecular formula is C12H20N4O. The van der Waals surface area contributed by atoms with Gasteiger partial charge in [-0.05, 0) is 26.7 Å². The van der Waals surface area contributed by atoms with Crippen LogP contribution in [0.15, 0.2) is 6.33 Å². The van der Waals surface area contributed by atoms with E-state index < -0.39 is 0 Å². The molecule has 1 atom stereocenters. The van der Waals surface area contributed by atoms with E-state index in [2.05, 4.69) is 27.1 Å². The van der Waals surface area contributed by atoms with Crippen LogP contribution in [0, 0.1) is 0 Å². The maximum atomic E-state index is 5.46. The highest BCUT2D eigenvalue weighted by Gasteiger charge is 2.26. The van der Waals surface area contributed by atoms with E-state index in [9.17, 15) is 0 Å². The van der Waals surface area contributed by atoms with Crippen LogP contribution in [0.25, 0.3) is 0 Å². The lowest BCUT2D eigenvalue weighted by atomic mass is 10.2. The van der Waals surface area contributed by atoms with Gasteiger partial charge in [-0.3, -0.25) is 0 Å². The molecular weight excluding hydrogens is 216 g/mol. The number of aromatic nitrogens is 2. The largest absolute Gasteiger partial charge is 0.490 e. The number of nitrogens with zero attached hydrogens (tertiary/aromatic N) is 3. The Hall–Kier alpha value is -1.52. The minimum Gasteiger partial charge on any atom is -0.490 e. The number of hydrogen-bond donors (Lipinski definition) is 1. The van der Waals surface area contributed by atoms with Crippen molar-refractivity contribution in [2.45, 2.75) is 32.7 Å². The third-order valence-electron chi connectivity index (χ3n) is 3.16. The second-order valence-electron chi connectivity index (χ2n) is 4.29. The molecule has 0 radical (unpaired) electrons. The third kappa shape index (κ3) is 2.28. The minimum atomic E-state index is 0.522. The first-order valence-corrected chi connectivity index (χ1v) is 6.17. The van der Waals surface area contributed by atoms with Crippen LogP contribution >= 0.6 is 0 Å². The van der Waals surface area contributed by atoms with Crippen molar-refractivity contribution in [3.8, 4) is 5.75 Å². The molecule has 2 heterocycles. The summed E-state index contributed by atoms with van der Waals surface area (Å²) in [7, 11) is 1.67. The fourth-order valence-electron chi connectivity index (χ4n) is 2.30. The number of methoxy groups -OCH3 is 1. The summed E-state index contributed by atoms with van der Waals surface area (Å²) in [6.45, 7) is 6.13. The molecule has 5 heteroatoms. The molecule has 0 bridgehead atoms. The Kier molecular flexibility index (Phi) is 3.66. The van der Waals surface area contributed by atoms with Crippen molar-refractivity contribution < 1.29 is 4.74 Å². The normalized spacial score (nSPS) is 19.5. The van der Waals surface area contributed by atoms with Crippen molar-refractivity contribution in [1.82, 2.24) is 9.97 Å². The van der Waals surface area contributed by atoms with Gasteiger partial charge in [0.15, 0.2) is 11.6 Å². The van der Waals surface area contributed by atoms with Crippen molar-refractivity contribution in [3.05, 3.63) is 6.33 Å². The van der Waals surface area contributed by atoms with Crippen LogP contribution in [0.1, 0.15) is 26.7 Å². The topological polar surface area (TPSA) is 50.3 Å². The summed E-state index contributed by atoms with van der Waals surface area (Å²) in [6.07, 6.45) is 4.02. The van der Waals surface area contributed by atoms with Crippen molar-refractivity contribution in [2.24, 2.45) is 0 Å². The van der Waals surface area contributed by atoms with Gasteiger partial charge in [-0.25, -0.2) is 9.97 Å². The van der Waals surface area contributed by atoms with Gasteiger partial charge >= 0.3 is 0 Å². The Morgan fingerprint density at radius 3 is 2.94 bits per heavy atom. The monoisotopic (exact) mass is 236 g/mol. The van der Waals surface area contributed by atoms with Crippen LogP contribution < -0.4 is 15.0 Å². The van der Waals surface area contributed by atoms with Crippen LogP contribution in [0.5, 0.6) is 5.75 Å². The fourth-order valence-corrected chi connectivity index (χ4v) is 2.30. The molecule has 1 unspecified atom stereocenters. The maximum Gasteiger partial charge on any atom is 0.204 e. The molecule has 1 aliphatic rings. The Morgan fingerprint density at radius 1 is 1.53 bits per heavy atom. The molecule has 1 saturated heterocycles.